The molecule has 0 aromatic carbocycles. The molecule has 0 aliphatic rings. The molecule has 0 aliphatic heterocycles. The van der Waals surface area contributed by atoms with Gasteiger partial charge < -0.3 is 35.2 Å². The molecular weight excluding hydrogens is 396 g/mol. The second-order valence-corrected chi connectivity index (χ2v) is 10.5. The van der Waals surface area contributed by atoms with Crippen LogP contribution in [0.1, 0.15) is 53.4 Å². The summed E-state index contributed by atoms with van der Waals surface area (Å²) in [6, 6.07) is -0.971. The summed E-state index contributed by atoms with van der Waals surface area (Å²) in [7, 11) is -8.94. The lowest BCUT2D eigenvalue weighted by atomic mass is 10.1. The van der Waals surface area contributed by atoms with Gasteiger partial charge in [-0.15, -0.1) is 0 Å². The smallest absolute Gasteiger partial charge is 0.330 e. The molecule has 0 bridgehead atoms. The second-order valence-electron chi connectivity index (χ2n) is 5.82. The number of hydrogen-bond donors (Lipinski definition) is 4. The van der Waals surface area contributed by atoms with Gasteiger partial charge in [0.1, 0.15) is 0 Å². The van der Waals surface area contributed by atoms with Crippen molar-refractivity contribution in [1.29, 1.82) is 0 Å². The fourth-order valence-electron chi connectivity index (χ4n) is 2.58. The molecule has 0 fully saturated rings. The third-order valence-corrected chi connectivity index (χ3v) is 9.94. The van der Waals surface area contributed by atoms with E-state index < -0.39 is 32.2 Å². The van der Waals surface area contributed by atoms with E-state index in [0.29, 0.717) is 25.8 Å². The highest BCUT2D eigenvalue weighted by atomic mass is 31.2. The Morgan fingerprint density at radius 1 is 1.07 bits per heavy atom. The van der Waals surface area contributed by atoms with Gasteiger partial charge >= 0.3 is 15.2 Å². The topological polar surface area (TPSA) is 163 Å². The Labute approximate surface area is 161 Å². The lowest BCUT2D eigenvalue weighted by Gasteiger charge is -2.40. The number of rotatable bonds is 15. The summed E-state index contributed by atoms with van der Waals surface area (Å²) in [6.45, 7) is 6.36. The molecule has 1 amide bonds. The first-order valence-electron chi connectivity index (χ1n) is 9.25. The molecule has 0 saturated carbocycles. The van der Waals surface area contributed by atoms with Crippen molar-refractivity contribution in [3.63, 3.8) is 0 Å². The van der Waals surface area contributed by atoms with Gasteiger partial charge in [-0.3, -0.25) is 13.9 Å². The fraction of sp³-hybridized carbons (Fsp3) is 0.933. The fourth-order valence-corrected chi connectivity index (χ4v) is 7.37. The van der Waals surface area contributed by atoms with Crippen LogP contribution in [0.5, 0.6) is 0 Å². The zero-order valence-corrected chi connectivity index (χ0v) is 18.5. The van der Waals surface area contributed by atoms with Crippen LogP contribution in [0.15, 0.2) is 0 Å². The van der Waals surface area contributed by atoms with E-state index in [9.17, 15) is 18.8 Å². The van der Waals surface area contributed by atoms with E-state index in [2.05, 4.69) is 5.32 Å². The van der Waals surface area contributed by atoms with Gasteiger partial charge in [-0.05, 0) is 46.6 Å². The molecule has 12 heteroatoms. The molecule has 0 spiro atoms. The van der Waals surface area contributed by atoms with Crippen molar-refractivity contribution in [3.8, 4) is 0 Å². The van der Waals surface area contributed by atoms with Crippen molar-refractivity contribution in [2.24, 2.45) is 11.5 Å². The highest BCUT2D eigenvalue weighted by molar-refractivity contribution is 7.73. The predicted octanol–water partition coefficient (Wildman–Crippen LogP) is 2.11. The summed E-state index contributed by atoms with van der Waals surface area (Å²) in [5.74, 6) is -0.734. The van der Waals surface area contributed by atoms with E-state index in [-0.39, 0.29) is 26.2 Å². The number of amides is 1. The van der Waals surface area contributed by atoms with Crippen molar-refractivity contribution < 1.29 is 32.4 Å². The van der Waals surface area contributed by atoms with Gasteiger partial charge in [0.2, 0.25) is 10.9 Å². The molecule has 27 heavy (non-hydrogen) atoms. The van der Waals surface area contributed by atoms with Crippen LogP contribution in [-0.2, 0) is 27.5 Å². The van der Waals surface area contributed by atoms with Crippen LogP contribution in [0.4, 0.5) is 0 Å². The van der Waals surface area contributed by atoms with Crippen molar-refractivity contribution in [2.75, 3.05) is 26.4 Å². The molecule has 3 unspecified atom stereocenters. The van der Waals surface area contributed by atoms with Gasteiger partial charge in [-0.25, -0.2) is 0 Å². The number of nitrogens with two attached hydrogens (primary N) is 2. The Kier molecular flexibility index (Phi) is 12.2. The molecule has 6 N–H and O–H groups in total. The normalized spacial score (nSPS) is 17.7. The maximum absolute atomic E-state index is 13.5. The molecule has 0 rings (SSSR count). The Hall–Kier alpha value is -0.310. The molecule has 0 radical (unpaired) electrons. The first-order valence-corrected chi connectivity index (χ1v) is 12.4. The lowest BCUT2D eigenvalue weighted by Crippen LogP contribution is -2.53. The lowest BCUT2D eigenvalue weighted by molar-refractivity contribution is -0.123. The molecule has 0 saturated heterocycles. The summed E-state index contributed by atoms with van der Waals surface area (Å²) in [5, 5.41) is 0.136. The van der Waals surface area contributed by atoms with Crippen molar-refractivity contribution in [1.82, 2.24) is 5.32 Å². The number of hydrogen-bond acceptors (Lipinski definition) is 8. The number of carbonyl (C=O) groups is 1. The van der Waals surface area contributed by atoms with Crippen LogP contribution in [-0.4, -0.2) is 48.2 Å². The summed E-state index contributed by atoms with van der Waals surface area (Å²) in [5.41, 5.74) is 11.3. The molecule has 0 aromatic heterocycles. The van der Waals surface area contributed by atoms with Gasteiger partial charge in [0.05, 0.1) is 25.9 Å². The van der Waals surface area contributed by atoms with E-state index in [4.69, 9.17) is 25.0 Å². The maximum Gasteiger partial charge on any atom is 0.368 e. The predicted molar refractivity (Wildman–Crippen MR) is 104 cm³/mol. The third-order valence-electron chi connectivity index (χ3n) is 3.95. The van der Waals surface area contributed by atoms with E-state index >= 15 is 0 Å². The Morgan fingerprint density at radius 3 is 2.00 bits per heavy atom. The van der Waals surface area contributed by atoms with Gasteiger partial charge in [0.25, 0.3) is 0 Å². The minimum atomic E-state index is -4.66. The average molecular weight is 431 g/mol. The van der Waals surface area contributed by atoms with Gasteiger partial charge in [0.15, 0.2) is 0 Å². The summed E-state index contributed by atoms with van der Waals surface area (Å²) in [4.78, 5) is 23.2. The zero-order chi connectivity index (χ0) is 21.1. The monoisotopic (exact) mass is 431 g/mol. The standard InChI is InChI=1S/C15H35N3O7P2/c1-5-15(26(20,21)23-6-2,27(22,24-7-3)25-8-4)18-14(19)13(17)11-9-10-12-16/h13H,5-12,16-17H2,1-4H3,(H,18,19)(H,20,21). The van der Waals surface area contributed by atoms with Crippen LogP contribution >= 0.6 is 15.2 Å². The highest BCUT2D eigenvalue weighted by Crippen LogP contribution is 2.75. The molecule has 162 valence electrons. The minimum absolute atomic E-state index is 0.0520. The number of nitrogens with one attached hydrogen (secondary N) is 1. The molecule has 0 aromatic rings. The minimum Gasteiger partial charge on any atom is -0.330 e. The van der Waals surface area contributed by atoms with Crippen LogP contribution < -0.4 is 16.8 Å². The first kappa shape index (κ1) is 26.7. The van der Waals surface area contributed by atoms with Crippen molar-refractivity contribution >= 4 is 21.1 Å². The van der Waals surface area contributed by atoms with E-state index in [1.54, 1.807) is 13.8 Å². The Balaban J connectivity index is 6.01. The average Bonchev–Trinajstić information content (AvgIpc) is 2.59. The zero-order valence-electron chi connectivity index (χ0n) is 16.7. The number of carbonyl (C=O) groups excluding carboxylic acids is 1. The summed E-state index contributed by atoms with van der Waals surface area (Å²) >= 11 is 0. The largest absolute Gasteiger partial charge is 0.368 e. The second kappa shape index (κ2) is 12.3. The van der Waals surface area contributed by atoms with Gasteiger partial charge in [0, 0.05) is 0 Å². The maximum atomic E-state index is 13.5. The van der Waals surface area contributed by atoms with Crippen LogP contribution in [0, 0.1) is 0 Å². The first-order chi connectivity index (χ1) is 12.6. The number of unbranched alkanes of at least 4 members (excludes halogenated alkanes) is 1. The quantitative estimate of drug-likeness (QED) is 0.224. The van der Waals surface area contributed by atoms with Crippen LogP contribution in [0.3, 0.4) is 0 Å². The molecular formula is C15H35N3O7P2. The molecule has 0 heterocycles. The summed E-state index contributed by atoms with van der Waals surface area (Å²) in [6.07, 6.45) is 1.40. The van der Waals surface area contributed by atoms with E-state index in [0.717, 1.165) is 0 Å². The Morgan fingerprint density at radius 2 is 1.59 bits per heavy atom. The van der Waals surface area contributed by atoms with E-state index in [1.165, 1.54) is 13.8 Å². The van der Waals surface area contributed by atoms with E-state index in [1.807, 2.05) is 0 Å². The van der Waals surface area contributed by atoms with Crippen LogP contribution in [0.25, 0.3) is 0 Å². The van der Waals surface area contributed by atoms with Crippen molar-refractivity contribution in [3.05, 3.63) is 0 Å². The third kappa shape index (κ3) is 6.61. The Bertz CT molecular complexity index is 540. The van der Waals surface area contributed by atoms with Crippen molar-refractivity contribution in [2.45, 2.75) is 64.4 Å². The molecule has 10 nitrogen and oxygen atoms in total. The van der Waals surface area contributed by atoms with Crippen LogP contribution in [0.2, 0.25) is 0 Å². The molecule has 3 atom stereocenters. The highest BCUT2D eigenvalue weighted by Gasteiger charge is 2.64. The molecule has 0 aliphatic carbocycles. The van der Waals surface area contributed by atoms with Gasteiger partial charge in [-0.2, -0.15) is 0 Å². The SMILES string of the molecule is CCOP(=O)(O)C(CC)(NC(=O)C(N)CCCCN)P(=O)(OCC)OCC. The summed E-state index contributed by atoms with van der Waals surface area (Å²) < 4.78 is 42.1. The van der Waals surface area contributed by atoms with Gasteiger partial charge in [-0.1, -0.05) is 13.3 Å².